The molecule has 0 saturated heterocycles. The summed E-state index contributed by atoms with van der Waals surface area (Å²) in [5.41, 5.74) is 0. The van der Waals surface area contributed by atoms with Gasteiger partial charge < -0.3 is 5.32 Å². The molecule has 0 amide bonds. The lowest BCUT2D eigenvalue weighted by Gasteiger charge is -2.14. The van der Waals surface area contributed by atoms with E-state index in [0.29, 0.717) is 17.5 Å². The third kappa shape index (κ3) is 4.14. The number of carbonyl (C=O) groups excluding carboxylic acids is 1. The maximum Gasteiger partial charge on any atom is 0.224 e. The topological polar surface area (TPSA) is 54.9 Å². The molecule has 0 aromatic carbocycles. The Balaban J connectivity index is 2.51. The molecule has 0 saturated carbocycles. The highest BCUT2D eigenvalue weighted by Crippen LogP contribution is 2.09. The second-order valence-electron chi connectivity index (χ2n) is 4.07. The quantitative estimate of drug-likeness (QED) is 0.805. The van der Waals surface area contributed by atoms with E-state index < -0.39 is 0 Å². The monoisotopic (exact) mass is 241 g/mol. The smallest absolute Gasteiger partial charge is 0.224 e. The zero-order valence-corrected chi connectivity index (χ0v) is 10.5. The van der Waals surface area contributed by atoms with Crippen LogP contribution in [0.25, 0.3) is 0 Å². The van der Waals surface area contributed by atoms with Gasteiger partial charge in [0.2, 0.25) is 5.95 Å². The Hall–Kier alpha value is -1.16. The number of hydrogen-bond donors (Lipinski definition) is 1. The van der Waals surface area contributed by atoms with Crippen molar-refractivity contribution in [2.45, 2.75) is 33.2 Å². The van der Waals surface area contributed by atoms with E-state index in [2.05, 4.69) is 15.3 Å². The molecule has 0 aliphatic heterocycles. The van der Waals surface area contributed by atoms with Crippen LogP contribution in [0.15, 0.2) is 12.3 Å². The number of nitrogens with one attached hydrogen (secondary N) is 1. The normalized spacial score (nSPS) is 12.6. The first-order valence-electron chi connectivity index (χ1n) is 5.27. The van der Waals surface area contributed by atoms with Gasteiger partial charge in [0, 0.05) is 24.6 Å². The SMILES string of the molecule is CC(CC(=O)C(C)C)Nc1nccc(Cl)n1. The second kappa shape index (κ2) is 5.80. The number of aromatic nitrogens is 2. The van der Waals surface area contributed by atoms with Crippen molar-refractivity contribution in [3.05, 3.63) is 17.4 Å². The Labute approximate surface area is 100 Å². The fourth-order valence-corrected chi connectivity index (χ4v) is 1.35. The number of ketones is 1. The molecule has 1 heterocycles. The predicted octanol–water partition coefficient (Wildman–Crippen LogP) is 2.55. The first-order chi connectivity index (χ1) is 7.49. The number of carbonyl (C=O) groups is 1. The molecular formula is C11H16ClN3O. The van der Waals surface area contributed by atoms with Crippen molar-refractivity contribution < 1.29 is 4.79 Å². The van der Waals surface area contributed by atoms with E-state index >= 15 is 0 Å². The van der Waals surface area contributed by atoms with Crippen LogP contribution in [0.1, 0.15) is 27.2 Å². The second-order valence-corrected chi connectivity index (χ2v) is 4.46. The third-order valence-corrected chi connectivity index (χ3v) is 2.36. The van der Waals surface area contributed by atoms with E-state index in [1.165, 1.54) is 0 Å². The van der Waals surface area contributed by atoms with Gasteiger partial charge in [-0.25, -0.2) is 9.97 Å². The summed E-state index contributed by atoms with van der Waals surface area (Å²) < 4.78 is 0. The maximum absolute atomic E-state index is 11.5. The zero-order valence-electron chi connectivity index (χ0n) is 9.70. The van der Waals surface area contributed by atoms with E-state index in [1.807, 2.05) is 20.8 Å². The standard InChI is InChI=1S/C11H16ClN3O/c1-7(2)9(16)6-8(3)14-11-13-5-4-10(12)15-11/h4-5,7-8H,6H2,1-3H3,(H,13,14,15). The average molecular weight is 242 g/mol. The molecular weight excluding hydrogens is 226 g/mol. The lowest BCUT2D eigenvalue weighted by atomic mass is 10.0. The predicted molar refractivity (Wildman–Crippen MR) is 64.6 cm³/mol. The summed E-state index contributed by atoms with van der Waals surface area (Å²) in [5.74, 6) is 0.739. The fourth-order valence-electron chi connectivity index (χ4n) is 1.22. The van der Waals surface area contributed by atoms with Crippen LogP contribution in [0.5, 0.6) is 0 Å². The van der Waals surface area contributed by atoms with Crippen molar-refractivity contribution in [3.63, 3.8) is 0 Å². The molecule has 88 valence electrons. The molecule has 0 spiro atoms. The van der Waals surface area contributed by atoms with Gasteiger partial charge in [-0.3, -0.25) is 4.79 Å². The van der Waals surface area contributed by atoms with Gasteiger partial charge >= 0.3 is 0 Å². The van der Waals surface area contributed by atoms with Crippen molar-refractivity contribution in [2.24, 2.45) is 5.92 Å². The number of rotatable bonds is 5. The van der Waals surface area contributed by atoms with Crippen LogP contribution in [0, 0.1) is 5.92 Å². The summed E-state index contributed by atoms with van der Waals surface area (Å²) in [5, 5.41) is 3.43. The number of halogens is 1. The summed E-state index contributed by atoms with van der Waals surface area (Å²) in [7, 11) is 0. The largest absolute Gasteiger partial charge is 0.351 e. The van der Waals surface area contributed by atoms with Gasteiger partial charge in [-0.15, -0.1) is 0 Å². The molecule has 1 unspecified atom stereocenters. The molecule has 1 rings (SSSR count). The van der Waals surface area contributed by atoms with Gasteiger partial charge in [0.25, 0.3) is 0 Å². The van der Waals surface area contributed by atoms with Crippen molar-refractivity contribution >= 4 is 23.3 Å². The third-order valence-electron chi connectivity index (χ3n) is 2.15. The molecule has 0 radical (unpaired) electrons. The minimum Gasteiger partial charge on any atom is -0.351 e. The summed E-state index contributed by atoms with van der Waals surface area (Å²) in [6.45, 7) is 5.71. The summed E-state index contributed by atoms with van der Waals surface area (Å²) in [6, 6.07) is 1.62. The highest BCUT2D eigenvalue weighted by Gasteiger charge is 2.12. The average Bonchev–Trinajstić information content (AvgIpc) is 2.16. The van der Waals surface area contributed by atoms with Gasteiger partial charge in [-0.05, 0) is 13.0 Å². The molecule has 1 N–H and O–H groups in total. The number of hydrogen-bond acceptors (Lipinski definition) is 4. The Bertz CT molecular complexity index is 368. The first kappa shape index (κ1) is 12.9. The molecule has 0 aliphatic carbocycles. The maximum atomic E-state index is 11.5. The van der Waals surface area contributed by atoms with Gasteiger partial charge in [0.15, 0.2) is 0 Å². The summed E-state index contributed by atoms with van der Waals surface area (Å²) in [6.07, 6.45) is 2.04. The number of nitrogens with zero attached hydrogens (tertiary/aromatic N) is 2. The molecule has 0 aliphatic rings. The molecule has 0 fully saturated rings. The molecule has 1 atom stereocenters. The van der Waals surface area contributed by atoms with Gasteiger partial charge in [0.05, 0.1) is 0 Å². The van der Waals surface area contributed by atoms with Gasteiger partial charge in [-0.2, -0.15) is 0 Å². The molecule has 1 aromatic rings. The van der Waals surface area contributed by atoms with Crippen molar-refractivity contribution in [1.29, 1.82) is 0 Å². The molecule has 4 nitrogen and oxygen atoms in total. The zero-order chi connectivity index (χ0) is 12.1. The Morgan fingerprint density at radius 3 is 2.75 bits per heavy atom. The van der Waals surface area contributed by atoms with Crippen LogP contribution in [0.4, 0.5) is 5.95 Å². The fraction of sp³-hybridized carbons (Fsp3) is 0.545. The van der Waals surface area contributed by atoms with Crippen molar-refractivity contribution in [1.82, 2.24) is 9.97 Å². The van der Waals surface area contributed by atoms with Crippen LogP contribution >= 0.6 is 11.6 Å². The Morgan fingerprint density at radius 2 is 2.19 bits per heavy atom. The Morgan fingerprint density at radius 1 is 1.50 bits per heavy atom. The summed E-state index contributed by atoms with van der Waals surface area (Å²) >= 11 is 5.73. The van der Waals surface area contributed by atoms with Crippen LogP contribution in [-0.2, 0) is 4.79 Å². The molecule has 16 heavy (non-hydrogen) atoms. The van der Waals surface area contributed by atoms with Crippen LogP contribution in [-0.4, -0.2) is 21.8 Å². The van der Waals surface area contributed by atoms with Gasteiger partial charge in [-0.1, -0.05) is 25.4 Å². The first-order valence-corrected chi connectivity index (χ1v) is 5.64. The van der Waals surface area contributed by atoms with Crippen LogP contribution < -0.4 is 5.32 Å². The van der Waals surface area contributed by atoms with Crippen LogP contribution in [0.3, 0.4) is 0 Å². The highest BCUT2D eigenvalue weighted by atomic mass is 35.5. The van der Waals surface area contributed by atoms with Crippen LogP contribution in [0.2, 0.25) is 5.15 Å². The number of anilines is 1. The van der Waals surface area contributed by atoms with E-state index in [0.717, 1.165) is 0 Å². The Kier molecular flexibility index (Phi) is 4.68. The summed E-state index contributed by atoms with van der Waals surface area (Å²) in [4.78, 5) is 19.5. The number of Topliss-reactive ketones (excluding diaryl/α,β-unsaturated/α-hetero) is 1. The van der Waals surface area contributed by atoms with E-state index in [1.54, 1.807) is 12.3 Å². The molecule has 0 bridgehead atoms. The van der Waals surface area contributed by atoms with Crippen molar-refractivity contribution in [3.8, 4) is 0 Å². The lowest BCUT2D eigenvalue weighted by Crippen LogP contribution is -2.23. The van der Waals surface area contributed by atoms with E-state index in [-0.39, 0.29) is 17.7 Å². The van der Waals surface area contributed by atoms with Crippen molar-refractivity contribution in [2.75, 3.05) is 5.32 Å². The minimum atomic E-state index is 0.00775. The highest BCUT2D eigenvalue weighted by molar-refractivity contribution is 6.29. The minimum absolute atomic E-state index is 0.00775. The van der Waals surface area contributed by atoms with Gasteiger partial charge in [0.1, 0.15) is 10.9 Å². The molecule has 5 heteroatoms. The van der Waals surface area contributed by atoms with E-state index in [9.17, 15) is 4.79 Å². The molecule has 1 aromatic heterocycles. The lowest BCUT2D eigenvalue weighted by molar-refractivity contribution is -0.122. The van der Waals surface area contributed by atoms with E-state index in [4.69, 9.17) is 11.6 Å².